The van der Waals surface area contributed by atoms with Crippen LogP contribution in [0.2, 0.25) is 0 Å². The maximum Gasteiger partial charge on any atom is 0.316 e. The van der Waals surface area contributed by atoms with E-state index < -0.39 is 0 Å². The summed E-state index contributed by atoms with van der Waals surface area (Å²) in [5.74, 6) is 1.26. The summed E-state index contributed by atoms with van der Waals surface area (Å²) in [6, 6.07) is 0. The van der Waals surface area contributed by atoms with Crippen molar-refractivity contribution in [3.05, 3.63) is 16.8 Å². The summed E-state index contributed by atoms with van der Waals surface area (Å²) in [7, 11) is 0. The number of carbonyl (C=O) groups is 1. The Morgan fingerprint density at radius 3 is 3.19 bits per heavy atom. The van der Waals surface area contributed by atoms with Crippen molar-refractivity contribution in [3.8, 4) is 0 Å². The first kappa shape index (κ1) is 16.9. The molecule has 4 aromatic rings. The van der Waals surface area contributed by atoms with E-state index in [2.05, 4.69) is 27.2 Å². The van der Waals surface area contributed by atoms with Gasteiger partial charge >= 0.3 is 5.97 Å². The number of thiophene rings is 1. The Bertz CT molecular complexity index is 1180. The first-order valence-electron chi connectivity index (χ1n) is 8.96. The van der Waals surface area contributed by atoms with Crippen LogP contribution >= 0.6 is 23.1 Å². The zero-order valence-electron chi connectivity index (χ0n) is 15.0. The number of hydrogen-bond donors (Lipinski definition) is 0. The van der Waals surface area contributed by atoms with Crippen molar-refractivity contribution in [2.45, 2.75) is 38.3 Å². The summed E-state index contributed by atoms with van der Waals surface area (Å²) < 4.78 is 8.79. The number of fused-ring (bicyclic) bond motifs is 8. The third kappa shape index (κ3) is 2.61. The Labute approximate surface area is 162 Å². The molecular formula is C17H18N6O2S2. The van der Waals surface area contributed by atoms with Crippen LogP contribution in [0.15, 0.2) is 11.5 Å². The summed E-state index contributed by atoms with van der Waals surface area (Å²) in [5, 5.41) is 14.8. The van der Waals surface area contributed by atoms with Crippen LogP contribution in [0, 0.1) is 5.92 Å². The summed E-state index contributed by atoms with van der Waals surface area (Å²) in [6.07, 6.45) is 4.88. The summed E-state index contributed by atoms with van der Waals surface area (Å²) in [5.41, 5.74) is 2.21. The SMILES string of the molecule is CCOC(=O)CSc1nnc2n3ncnc3c3c4c(sc3n12)C[C@@H](C)CC4. The number of ether oxygens (including phenoxy) is 1. The number of aryl methyl sites for hydroxylation is 1. The van der Waals surface area contributed by atoms with Crippen molar-refractivity contribution >= 4 is 50.7 Å². The van der Waals surface area contributed by atoms with Crippen molar-refractivity contribution in [1.82, 2.24) is 29.2 Å². The second-order valence-corrected chi connectivity index (χ2v) is 8.77. The number of esters is 1. The highest BCUT2D eigenvalue weighted by Gasteiger charge is 2.26. The average Bonchev–Trinajstić information content (AvgIpc) is 3.35. The molecule has 4 aromatic heterocycles. The molecule has 10 heteroatoms. The van der Waals surface area contributed by atoms with Crippen LogP contribution < -0.4 is 0 Å². The zero-order valence-corrected chi connectivity index (χ0v) is 16.6. The molecule has 4 heterocycles. The van der Waals surface area contributed by atoms with Crippen molar-refractivity contribution in [2.75, 3.05) is 12.4 Å². The molecule has 0 saturated heterocycles. The molecular weight excluding hydrogens is 384 g/mol. The van der Waals surface area contributed by atoms with Gasteiger partial charge in [-0.1, -0.05) is 18.7 Å². The lowest BCUT2D eigenvalue weighted by molar-refractivity contribution is -0.139. The van der Waals surface area contributed by atoms with Gasteiger partial charge in [0.25, 0.3) is 5.78 Å². The minimum absolute atomic E-state index is 0.202. The van der Waals surface area contributed by atoms with Gasteiger partial charge in [-0.3, -0.25) is 4.79 Å². The molecule has 27 heavy (non-hydrogen) atoms. The van der Waals surface area contributed by atoms with Gasteiger partial charge in [0.1, 0.15) is 11.2 Å². The lowest BCUT2D eigenvalue weighted by atomic mass is 9.89. The van der Waals surface area contributed by atoms with Gasteiger partial charge in [-0.2, -0.15) is 9.61 Å². The third-order valence-electron chi connectivity index (χ3n) is 4.90. The fourth-order valence-electron chi connectivity index (χ4n) is 3.68. The number of hydrogen-bond acceptors (Lipinski definition) is 8. The Balaban J connectivity index is 1.73. The lowest BCUT2D eigenvalue weighted by Gasteiger charge is -2.17. The van der Waals surface area contributed by atoms with E-state index in [1.165, 1.54) is 28.6 Å². The first-order chi connectivity index (χ1) is 13.2. The summed E-state index contributed by atoms with van der Waals surface area (Å²) >= 11 is 3.12. The molecule has 1 atom stereocenters. The number of nitrogens with zero attached hydrogens (tertiary/aromatic N) is 6. The van der Waals surface area contributed by atoms with Crippen molar-refractivity contribution in [2.24, 2.45) is 5.92 Å². The third-order valence-corrected chi connectivity index (χ3v) is 7.04. The fourth-order valence-corrected chi connectivity index (χ4v) is 5.97. The number of aromatic nitrogens is 6. The molecule has 1 aliphatic rings. The highest BCUT2D eigenvalue weighted by Crippen LogP contribution is 2.40. The molecule has 0 bridgehead atoms. The van der Waals surface area contributed by atoms with Crippen LogP contribution in [0.1, 0.15) is 30.7 Å². The molecule has 5 rings (SSSR count). The molecule has 1 aliphatic carbocycles. The highest BCUT2D eigenvalue weighted by atomic mass is 32.2. The van der Waals surface area contributed by atoms with Crippen LogP contribution in [0.4, 0.5) is 0 Å². The molecule has 0 amide bonds. The average molecular weight is 403 g/mol. The Morgan fingerprint density at radius 2 is 2.33 bits per heavy atom. The van der Waals surface area contributed by atoms with E-state index in [0.29, 0.717) is 23.5 Å². The van der Waals surface area contributed by atoms with E-state index in [-0.39, 0.29) is 11.7 Å². The van der Waals surface area contributed by atoms with Crippen LogP contribution in [-0.2, 0) is 22.4 Å². The molecule has 0 radical (unpaired) electrons. The zero-order chi connectivity index (χ0) is 18.5. The molecule has 0 aliphatic heterocycles. The van der Waals surface area contributed by atoms with Gasteiger partial charge in [0.2, 0.25) is 0 Å². The number of rotatable bonds is 4. The van der Waals surface area contributed by atoms with Crippen LogP contribution in [0.5, 0.6) is 0 Å². The Kier molecular flexibility index (Phi) is 4.05. The largest absolute Gasteiger partial charge is 0.465 e. The van der Waals surface area contributed by atoms with E-state index in [4.69, 9.17) is 4.74 Å². The van der Waals surface area contributed by atoms with Crippen LogP contribution in [0.25, 0.3) is 21.6 Å². The second-order valence-electron chi connectivity index (χ2n) is 6.74. The molecule has 0 saturated carbocycles. The molecule has 0 spiro atoms. The maximum atomic E-state index is 11.8. The Hall–Kier alpha value is -2.20. The lowest BCUT2D eigenvalue weighted by Crippen LogP contribution is -2.09. The summed E-state index contributed by atoms with van der Waals surface area (Å²) in [6.45, 7) is 4.48. The first-order valence-corrected chi connectivity index (χ1v) is 10.8. The predicted octanol–water partition coefficient (Wildman–Crippen LogP) is 2.77. The quantitative estimate of drug-likeness (QED) is 0.383. The second kappa shape index (κ2) is 6.45. The molecule has 140 valence electrons. The molecule has 0 aromatic carbocycles. The monoisotopic (exact) mass is 402 g/mol. The van der Waals surface area contributed by atoms with Gasteiger partial charge in [-0.25, -0.2) is 9.38 Å². The summed E-state index contributed by atoms with van der Waals surface area (Å²) in [4.78, 5) is 18.8. The van der Waals surface area contributed by atoms with E-state index in [1.807, 2.05) is 4.40 Å². The van der Waals surface area contributed by atoms with Gasteiger partial charge in [0.15, 0.2) is 10.8 Å². The number of carbonyl (C=O) groups excluding carboxylic acids is 1. The normalized spacial score (nSPS) is 17.0. The minimum atomic E-state index is -0.253. The topological polar surface area (TPSA) is 86.7 Å². The molecule has 0 unspecified atom stereocenters. The van der Waals surface area contributed by atoms with E-state index in [0.717, 1.165) is 28.7 Å². The predicted molar refractivity (Wildman–Crippen MR) is 103 cm³/mol. The maximum absolute atomic E-state index is 11.8. The van der Waals surface area contributed by atoms with Gasteiger partial charge < -0.3 is 4.74 Å². The van der Waals surface area contributed by atoms with E-state index in [9.17, 15) is 4.79 Å². The van der Waals surface area contributed by atoms with Crippen molar-refractivity contribution in [1.29, 1.82) is 0 Å². The van der Waals surface area contributed by atoms with Crippen molar-refractivity contribution < 1.29 is 9.53 Å². The number of thioether (sulfide) groups is 1. The van der Waals surface area contributed by atoms with Crippen LogP contribution in [-0.4, -0.2) is 47.5 Å². The molecule has 0 fully saturated rings. The molecule has 0 N–H and O–H groups in total. The standard InChI is InChI=1S/C17H18N6O2S2/c1-3-25-12(24)7-26-17-21-20-16-22(17)15-13(14-18-8-19-23(14)16)10-5-4-9(2)6-11(10)27-15/h8-9H,3-7H2,1-2H3/t9-/m0/s1. The van der Waals surface area contributed by atoms with Crippen molar-refractivity contribution in [3.63, 3.8) is 0 Å². The van der Waals surface area contributed by atoms with Gasteiger partial charge in [0, 0.05) is 4.88 Å². The van der Waals surface area contributed by atoms with Gasteiger partial charge in [-0.15, -0.1) is 21.5 Å². The van der Waals surface area contributed by atoms with Gasteiger partial charge in [-0.05, 0) is 37.7 Å². The highest BCUT2D eigenvalue weighted by molar-refractivity contribution is 7.99. The fraction of sp³-hybridized carbons (Fsp3) is 0.471. The molecule has 8 nitrogen and oxygen atoms in total. The Morgan fingerprint density at radius 1 is 1.44 bits per heavy atom. The van der Waals surface area contributed by atoms with Gasteiger partial charge in [0.05, 0.1) is 17.7 Å². The van der Waals surface area contributed by atoms with E-state index in [1.54, 1.807) is 29.1 Å². The van der Waals surface area contributed by atoms with Crippen LogP contribution in [0.3, 0.4) is 0 Å². The van der Waals surface area contributed by atoms with E-state index >= 15 is 0 Å². The smallest absolute Gasteiger partial charge is 0.316 e. The minimum Gasteiger partial charge on any atom is -0.465 e.